The molecule has 0 heterocycles. The van der Waals surface area contributed by atoms with Crippen LogP contribution in [0.5, 0.6) is 11.5 Å². The summed E-state index contributed by atoms with van der Waals surface area (Å²) in [7, 11) is 1.57. The number of nitrogens with two attached hydrogens (primary N) is 1. The van der Waals surface area contributed by atoms with Crippen molar-refractivity contribution >= 4 is 17.8 Å². The minimum atomic E-state index is -0.375. The highest BCUT2D eigenvalue weighted by atomic mass is 16.5. The molecule has 0 saturated carbocycles. The highest BCUT2D eigenvalue weighted by Gasteiger charge is 2.10. The van der Waals surface area contributed by atoms with Crippen molar-refractivity contribution in [2.45, 2.75) is 6.92 Å². The van der Waals surface area contributed by atoms with Gasteiger partial charge in [-0.3, -0.25) is 4.79 Å². The van der Waals surface area contributed by atoms with Gasteiger partial charge in [0.2, 0.25) is 0 Å². The summed E-state index contributed by atoms with van der Waals surface area (Å²) in [6, 6.07) is 12.2. The lowest BCUT2D eigenvalue weighted by atomic mass is 10.2. The summed E-state index contributed by atoms with van der Waals surface area (Å²) in [5, 5.41) is 3.96. The first kappa shape index (κ1) is 16.4. The number of benzene rings is 2. The highest BCUT2D eigenvalue weighted by molar-refractivity contribution is 5.99. The van der Waals surface area contributed by atoms with E-state index in [4.69, 9.17) is 15.2 Å². The molecule has 0 radical (unpaired) electrons. The van der Waals surface area contributed by atoms with Crippen LogP contribution in [0.4, 0.5) is 5.69 Å². The average Bonchev–Trinajstić information content (AvgIpc) is 2.56. The van der Waals surface area contributed by atoms with Crippen LogP contribution in [0.2, 0.25) is 0 Å². The molecule has 0 bridgehead atoms. The van der Waals surface area contributed by atoms with Gasteiger partial charge in [-0.2, -0.15) is 5.10 Å². The predicted octanol–water partition coefficient (Wildman–Crippen LogP) is 2.44. The smallest absolute Gasteiger partial charge is 0.273 e. The van der Waals surface area contributed by atoms with Gasteiger partial charge in [0.15, 0.2) is 11.5 Å². The summed E-state index contributed by atoms with van der Waals surface area (Å²) in [6.45, 7) is 2.38. The summed E-state index contributed by atoms with van der Waals surface area (Å²) in [5.41, 5.74) is 9.68. The molecule has 3 N–H and O–H groups in total. The number of nitrogens with one attached hydrogen (secondary N) is 1. The Hall–Kier alpha value is -3.02. The number of ether oxygens (including phenoxy) is 2. The van der Waals surface area contributed by atoms with Crippen LogP contribution in [0.1, 0.15) is 22.8 Å². The van der Waals surface area contributed by atoms with Crippen LogP contribution in [0.3, 0.4) is 0 Å². The number of hydrazone groups is 1. The third-order valence-electron chi connectivity index (χ3n) is 3.09. The highest BCUT2D eigenvalue weighted by Crippen LogP contribution is 2.29. The lowest BCUT2D eigenvalue weighted by Gasteiger charge is -2.11. The van der Waals surface area contributed by atoms with Gasteiger partial charge in [-0.1, -0.05) is 18.2 Å². The first-order chi connectivity index (χ1) is 11.2. The van der Waals surface area contributed by atoms with Crippen molar-refractivity contribution in [2.24, 2.45) is 5.10 Å². The number of rotatable bonds is 6. The largest absolute Gasteiger partial charge is 0.493 e. The Kier molecular flexibility index (Phi) is 5.57. The minimum Gasteiger partial charge on any atom is -0.493 e. The standard InChI is InChI=1S/C17H19N3O3/c1-3-23-16-12(7-6-10-15(16)22-2)11-19-20-17(21)13-8-4-5-9-14(13)18/h4-11H,3,18H2,1-2H3,(H,20,21)/b19-11+. The van der Waals surface area contributed by atoms with Gasteiger partial charge in [0.05, 0.1) is 25.5 Å². The third-order valence-corrected chi connectivity index (χ3v) is 3.09. The second-order valence-corrected chi connectivity index (χ2v) is 4.60. The Balaban J connectivity index is 2.15. The summed E-state index contributed by atoms with van der Waals surface area (Å²) >= 11 is 0. The molecule has 6 nitrogen and oxygen atoms in total. The van der Waals surface area contributed by atoms with Gasteiger partial charge >= 0.3 is 0 Å². The maximum Gasteiger partial charge on any atom is 0.273 e. The van der Waals surface area contributed by atoms with Crippen LogP contribution < -0.4 is 20.6 Å². The fraction of sp³-hybridized carbons (Fsp3) is 0.176. The van der Waals surface area contributed by atoms with E-state index in [1.54, 1.807) is 37.4 Å². The number of hydrogen-bond acceptors (Lipinski definition) is 5. The summed E-state index contributed by atoms with van der Waals surface area (Å²) in [5.74, 6) is 0.810. The molecule has 0 fully saturated rings. The van der Waals surface area contributed by atoms with Gasteiger partial charge in [-0.25, -0.2) is 5.43 Å². The first-order valence-electron chi connectivity index (χ1n) is 7.15. The van der Waals surface area contributed by atoms with Crippen LogP contribution in [0.25, 0.3) is 0 Å². The molecule has 6 heteroatoms. The molecule has 0 saturated heterocycles. The number of hydrogen-bond donors (Lipinski definition) is 2. The molecule has 1 amide bonds. The molecule has 0 aromatic heterocycles. The zero-order chi connectivity index (χ0) is 16.7. The van der Waals surface area contributed by atoms with Crippen LogP contribution in [-0.2, 0) is 0 Å². The van der Waals surface area contributed by atoms with Crippen LogP contribution >= 0.6 is 0 Å². The average molecular weight is 313 g/mol. The van der Waals surface area contributed by atoms with E-state index >= 15 is 0 Å². The number of amides is 1. The molecular formula is C17H19N3O3. The van der Waals surface area contributed by atoms with E-state index in [0.29, 0.717) is 34.9 Å². The molecule has 0 aliphatic carbocycles. The topological polar surface area (TPSA) is 85.9 Å². The first-order valence-corrected chi connectivity index (χ1v) is 7.15. The molecule has 0 atom stereocenters. The number of nitrogens with zero attached hydrogens (tertiary/aromatic N) is 1. The van der Waals surface area contributed by atoms with E-state index in [2.05, 4.69) is 10.5 Å². The molecule has 120 valence electrons. The van der Waals surface area contributed by atoms with Gasteiger partial charge in [0.25, 0.3) is 5.91 Å². The minimum absolute atomic E-state index is 0.375. The molecule has 0 aliphatic heterocycles. The Labute approximate surface area is 134 Å². The summed E-state index contributed by atoms with van der Waals surface area (Å²) in [4.78, 5) is 12.0. The van der Waals surface area contributed by atoms with E-state index in [-0.39, 0.29) is 5.91 Å². The number of carbonyl (C=O) groups is 1. The molecule has 2 aromatic carbocycles. The molecule has 0 unspecified atom stereocenters. The van der Waals surface area contributed by atoms with Crippen LogP contribution in [-0.4, -0.2) is 25.8 Å². The number of anilines is 1. The van der Waals surface area contributed by atoms with Crippen LogP contribution in [0.15, 0.2) is 47.6 Å². The van der Waals surface area contributed by atoms with E-state index in [0.717, 1.165) is 0 Å². The quantitative estimate of drug-likeness (QED) is 0.487. The van der Waals surface area contributed by atoms with Crippen molar-refractivity contribution in [3.05, 3.63) is 53.6 Å². The molecule has 2 rings (SSSR count). The normalized spacial score (nSPS) is 10.5. The molecule has 0 aliphatic rings. The van der Waals surface area contributed by atoms with E-state index in [1.807, 2.05) is 19.1 Å². The fourth-order valence-corrected chi connectivity index (χ4v) is 2.02. The lowest BCUT2D eigenvalue weighted by molar-refractivity contribution is 0.0956. The SMILES string of the molecule is CCOc1c(/C=N/NC(=O)c2ccccc2N)cccc1OC. The Morgan fingerprint density at radius 2 is 2.04 bits per heavy atom. The third kappa shape index (κ3) is 4.00. The van der Waals surface area contributed by atoms with Crippen molar-refractivity contribution in [2.75, 3.05) is 19.5 Å². The van der Waals surface area contributed by atoms with Crippen molar-refractivity contribution < 1.29 is 14.3 Å². The second-order valence-electron chi connectivity index (χ2n) is 4.60. The molecule has 0 spiro atoms. The summed E-state index contributed by atoms with van der Waals surface area (Å²) in [6.07, 6.45) is 1.50. The zero-order valence-corrected chi connectivity index (χ0v) is 13.1. The van der Waals surface area contributed by atoms with E-state index in [9.17, 15) is 4.79 Å². The number of carbonyl (C=O) groups excluding carboxylic acids is 1. The van der Waals surface area contributed by atoms with E-state index < -0.39 is 0 Å². The number of methoxy groups -OCH3 is 1. The van der Waals surface area contributed by atoms with Gasteiger partial charge in [0.1, 0.15) is 0 Å². The van der Waals surface area contributed by atoms with Crippen molar-refractivity contribution in [3.8, 4) is 11.5 Å². The predicted molar refractivity (Wildman–Crippen MR) is 90.1 cm³/mol. The fourth-order valence-electron chi connectivity index (χ4n) is 2.02. The Morgan fingerprint density at radius 3 is 2.74 bits per heavy atom. The molecule has 23 heavy (non-hydrogen) atoms. The molecule has 2 aromatic rings. The maximum absolute atomic E-state index is 12.0. The van der Waals surface area contributed by atoms with Crippen molar-refractivity contribution in [1.82, 2.24) is 5.43 Å². The number of nitrogen functional groups attached to an aromatic ring is 1. The maximum atomic E-state index is 12.0. The van der Waals surface area contributed by atoms with Crippen molar-refractivity contribution in [1.29, 1.82) is 0 Å². The van der Waals surface area contributed by atoms with Crippen molar-refractivity contribution in [3.63, 3.8) is 0 Å². The lowest BCUT2D eigenvalue weighted by Crippen LogP contribution is -2.19. The Bertz CT molecular complexity index is 714. The zero-order valence-electron chi connectivity index (χ0n) is 13.1. The second kappa shape index (κ2) is 7.84. The van der Waals surface area contributed by atoms with Gasteiger partial charge < -0.3 is 15.2 Å². The summed E-state index contributed by atoms with van der Waals surface area (Å²) < 4.78 is 10.8. The van der Waals surface area contributed by atoms with Gasteiger partial charge in [-0.15, -0.1) is 0 Å². The van der Waals surface area contributed by atoms with Gasteiger partial charge in [0, 0.05) is 11.3 Å². The molecular weight excluding hydrogens is 294 g/mol. The Morgan fingerprint density at radius 1 is 1.26 bits per heavy atom. The monoisotopic (exact) mass is 313 g/mol. The van der Waals surface area contributed by atoms with E-state index in [1.165, 1.54) is 6.21 Å². The van der Waals surface area contributed by atoms with Crippen LogP contribution in [0, 0.1) is 0 Å². The number of para-hydroxylation sites is 2. The van der Waals surface area contributed by atoms with Gasteiger partial charge in [-0.05, 0) is 31.2 Å².